The maximum Gasteiger partial charge on any atom is 0.325 e. The van der Waals surface area contributed by atoms with Crippen LogP contribution in [0.15, 0.2) is 41.8 Å². The van der Waals surface area contributed by atoms with E-state index < -0.39 is 12.0 Å². The summed E-state index contributed by atoms with van der Waals surface area (Å²) < 4.78 is 5.58. The van der Waals surface area contributed by atoms with Gasteiger partial charge in [0.15, 0.2) is 0 Å². The Morgan fingerprint density at radius 1 is 1.39 bits per heavy atom. The Kier molecular flexibility index (Phi) is 3.96. The first-order chi connectivity index (χ1) is 8.66. The van der Waals surface area contributed by atoms with Crippen molar-refractivity contribution in [2.24, 2.45) is 5.73 Å². The van der Waals surface area contributed by atoms with E-state index in [1.54, 1.807) is 35.6 Å². The molecule has 0 radical (unpaired) electrons. The minimum atomic E-state index is -1.05. The van der Waals surface area contributed by atoms with E-state index in [9.17, 15) is 4.79 Å². The molecule has 1 heterocycles. The molecule has 0 amide bonds. The van der Waals surface area contributed by atoms with E-state index >= 15 is 0 Å². The van der Waals surface area contributed by atoms with Crippen LogP contribution in [0.5, 0.6) is 5.75 Å². The number of nitrogens with two attached hydrogens (primary N) is 1. The lowest BCUT2D eigenvalue weighted by Crippen LogP contribution is -2.20. The fraction of sp³-hybridized carbons (Fsp3) is 0.154. The van der Waals surface area contributed by atoms with Gasteiger partial charge in [-0.05, 0) is 29.1 Å². The number of carbonyl (C=O) groups is 1. The number of benzene rings is 1. The van der Waals surface area contributed by atoms with Crippen LogP contribution in [0, 0.1) is 0 Å². The highest BCUT2D eigenvalue weighted by Crippen LogP contribution is 2.20. The second kappa shape index (κ2) is 5.66. The molecule has 0 aliphatic heterocycles. The monoisotopic (exact) mass is 263 g/mol. The van der Waals surface area contributed by atoms with E-state index in [1.807, 2.05) is 17.5 Å². The first kappa shape index (κ1) is 12.6. The van der Waals surface area contributed by atoms with Crippen molar-refractivity contribution in [3.05, 3.63) is 52.2 Å². The number of aliphatic carboxylic acids is 1. The fourth-order valence-electron chi connectivity index (χ4n) is 1.49. The molecule has 0 fully saturated rings. The zero-order valence-electron chi connectivity index (χ0n) is 9.58. The van der Waals surface area contributed by atoms with Crippen molar-refractivity contribution in [3.63, 3.8) is 0 Å². The molecule has 2 rings (SSSR count). The van der Waals surface area contributed by atoms with E-state index in [-0.39, 0.29) is 0 Å². The predicted molar refractivity (Wildman–Crippen MR) is 69.7 cm³/mol. The maximum atomic E-state index is 10.8. The van der Waals surface area contributed by atoms with Crippen molar-refractivity contribution < 1.29 is 14.6 Å². The highest BCUT2D eigenvalue weighted by molar-refractivity contribution is 7.09. The Morgan fingerprint density at radius 3 is 2.89 bits per heavy atom. The van der Waals surface area contributed by atoms with Crippen LogP contribution >= 0.6 is 11.3 Å². The summed E-state index contributed by atoms with van der Waals surface area (Å²) in [7, 11) is 0. The second-order valence-electron chi connectivity index (χ2n) is 3.76. The van der Waals surface area contributed by atoms with Gasteiger partial charge in [-0.25, -0.2) is 0 Å². The molecule has 4 nitrogen and oxygen atoms in total. The molecule has 2 aromatic rings. The van der Waals surface area contributed by atoms with Crippen LogP contribution in [-0.4, -0.2) is 11.1 Å². The maximum absolute atomic E-state index is 10.8. The molecular weight excluding hydrogens is 250 g/mol. The van der Waals surface area contributed by atoms with Crippen LogP contribution in [0.1, 0.15) is 16.5 Å². The molecule has 3 N–H and O–H groups in total. The smallest absolute Gasteiger partial charge is 0.325 e. The Labute approximate surface area is 109 Å². The number of ether oxygens (including phenoxy) is 1. The third kappa shape index (κ3) is 3.09. The molecule has 0 aliphatic carbocycles. The van der Waals surface area contributed by atoms with Crippen molar-refractivity contribution >= 4 is 17.3 Å². The van der Waals surface area contributed by atoms with Crippen molar-refractivity contribution in [1.29, 1.82) is 0 Å². The number of hydrogen-bond donors (Lipinski definition) is 2. The Balaban J connectivity index is 2.05. The Bertz CT molecular complexity index is 525. The molecule has 1 atom stereocenters. The highest BCUT2D eigenvalue weighted by Gasteiger charge is 2.14. The first-order valence-corrected chi connectivity index (χ1v) is 6.28. The topological polar surface area (TPSA) is 72.6 Å². The Hall–Kier alpha value is -1.85. The molecule has 0 saturated carbocycles. The van der Waals surface area contributed by atoms with Crippen molar-refractivity contribution in [3.8, 4) is 5.75 Å². The number of thiophene rings is 1. The first-order valence-electron chi connectivity index (χ1n) is 5.40. The average Bonchev–Trinajstić information content (AvgIpc) is 2.89. The van der Waals surface area contributed by atoms with Gasteiger partial charge in [0.05, 0.1) is 0 Å². The number of carboxylic acid groups (broad SMARTS) is 1. The quantitative estimate of drug-likeness (QED) is 0.869. The van der Waals surface area contributed by atoms with E-state index in [4.69, 9.17) is 15.6 Å². The molecule has 5 heteroatoms. The zero-order valence-corrected chi connectivity index (χ0v) is 10.4. The lowest BCUT2D eigenvalue weighted by atomic mass is 10.1. The van der Waals surface area contributed by atoms with Gasteiger partial charge in [-0.3, -0.25) is 4.79 Å². The molecular formula is C13H13NO3S. The molecule has 1 aromatic heterocycles. The summed E-state index contributed by atoms with van der Waals surface area (Å²) in [5.41, 5.74) is 6.08. The molecule has 1 aromatic carbocycles. The van der Waals surface area contributed by atoms with Crippen LogP contribution in [0.3, 0.4) is 0 Å². The number of carboxylic acids is 1. The van der Waals surface area contributed by atoms with Gasteiger partial charge in [-0.15, -0.1) is 11.3 Å². The molecule has 0 bridgehead atoms. The number of hydrogen-bond acceptors (Lipinski definition) is 4. The molecule has 94 valence electrons. The van der Waals surface area contributed by atoms with Crippen molar-refractivity contribution in [2.45, 2.75) is 12.6 Å². The summed E-state index contributed by atoms with van der Waals surface area (Å²) >= 11 is 1.61. The summed E-state index contributed by atoms with van der Waals surface area (Å²) in [6, 6.07) is 9.78. The van der Waals surface area contributed by atoms with Gasteiger partial charge in [0.1, 0.15) is 18.4 Å². The van der Waals surface area contributed by atoms with Gasteiger partial charge in [-0.1, -0.05) is 18.2 Å². The summed E-state index contributed by atoms with van der Waals surface area (Å²) in [5.74, 6) is -0.428. The lowest BCUT2D eigenvalue weighted by molar-refractivity contribution is -0.138. The minimum Gasteiger partial charge on any atom is -0.488 e. The zero-order chi connectivity index (χ0) is 13.0. The largest absolute Gasteiger partial charge is 0.488 e. The average molecular weight is 263 g/mol. The SMILES string of the molecule is N[C@H](C(=O)O)c1cccc(OCc2cccs2)c1. The minimum absolute atomic E-state index is 0.476. The lowest BCUT2D eigenvalue weighted by Gasteiger charge is -2.09. The van der Waals surface area contributed by atoms with Crippen LogP contribution in [0.25, 0.3) is 0 Å². The van der Waals surface area contributed by atoms with Gasteiger partial charge in [0, 0.05) is 4.88 Å². The summed E-state index contributed by atoms with van der Waals surface area (Å²) in [5, 5.41) is 10.8. The van der Waals surface area contributed by atoms with E-state index in [0.717, 1.165) is 4.88 Å². The molecule has 18 heavy (non-hydrogen) atoms. The van der Waals surface area contributed by atoms with Crippen LogP contribution in [0.4, 0.5) is 0 Å². The molecule has 0 spiro atoms. The van der Waals surface area contributed by atoms with Gasteiger partial charge in [0.25, 0.3) is 0 Å². The van der Waals surface area contributed by atoms with Crippen LogP contribution in [0.2, 0.25) is 0 Å². The summed E-state index contributed by atoms with van der Waals surface area (Å²) in [6.07, 6.45) is 0. The third-order valence-electron chi connectivity index (χ3n) is 2.44. The molecule has 0 aliphatic rings. The van der Waals surface area contributed by atoms with E-state index in [2.05, 4.69) is 0 Å². The molecule has 0 saturated heterocycles. The van der Waals surface area contributed by atoms with Gasteiger partial charge in [-0.2, -0.15) is 0 Å². The van der Waals surface area contributed by atoms with Gasteiger partial charge >= 0.3 is 5.97 Å². The summed E-state index contributed by atoms with van der Waals surface area (Å²) in [6.45, 7) is 0.476. The molecule has 0 unspecified atom stereocenters. The predicted octanol–water partition coefficient (Wildman–Crippen LogP) is 2.41. The van der Waals surface area contributed by atoms with Crippen LogP contribution < -0.4 is 10.5 Å². The van der Waals surface area contributed by atoms with E-state index in [0.29, 0.717) is 17.9 Å². The Morgan fingerprint density at radius 2 is 2.22 bits per heavy atom. The van der Waals surface area contributed by atoms with Crippen LogP contribution in [-0.2, 0) is 11.4 Å². The fourth-order valence-corrected chi connectivity index (χ4v) is 2.11. The highest BCUT2D eigenvalue weighted by atomic mass is 32.1. The van der Waals surface area contributed by atoms with Gasteiger partial charge in [0.2, 0.25) is 0 Å². The standard InChI is InChI=1S/C13H13NO3S/c14-12(13(15)16)9-3-1-4-10(7-9)17-8-11-5-2-6-18-11/h1-7,12H,8,14H2,(H,15,16)/t12-/m0/s1. The van der Waals surface area contributed by atoms with Crippen molar-refractivity contribution in [1.82, 2.24) is 0 Å². The van der Waals surface area contributed by atoms with E-state index in [1.165, 1.54) is 0 Å². The number of rotatable bonds is 5. The third-order valence-corrected chi connectivity index (χ3v) is 3.29. The summed E-state index contributed by atoms with van der Waals surface area (Å²) in [4.78, 5) is 11.9. The second-order valence-corrected chi connectivity index (χ2v) is 4.79. The normalized spacial score (nSPS) is 12.1. The van der Waals surface area contributed by atoms with Gasteiger partial charge < -0.3 is 15.6 Å². The van der Waals surface area contributed by atoms with Crippen molar-refractivity contribution in [2.75, 3.05) is 0 Å².